The second kappa shape index (κ2) is 8.02. The highest BCUT2D eigenvalue weighted by molar-refractivity contribution is 7.89. The Morgan fingerprint density at radius 3 is 2.43 bits per heavy atom. The summed E-state index contributed by atoms with van der Waals surface area (Å²) in [6.07, 6.45) is 0.961. The molecule has 0 bridgehead atoms. The molecule has 2 aromatic rings. The minimum Gasteiger partial charge on any atom is -0.351 e. The van der Waals surface area contributed by atoms with Gasteiger partial charge >= 0.3 is 0 Å². The molecular weight excluding hydrogens is 425 g/mol. The summed E-state index contributed by atoms with van der Waals surface area (Å²) in [6, 6.07) is 3.06. The van der Waals surface area contributed by atoms with Gasteiger partial charge in [-0.1, -0.05) is 28.4 Å². The zero-order valence-electron chi connectivity index (χ0n) is 15.8. The number of amides is 1. The summed E-state index contributed by atoms with van der Waals surface area (Å²) in [5, 5.41) is 7.11. The third-order valence-corrected chi connectivity index (χ3v) is 7.89. The number of sulfonamides is 1. The Kier molecular flexibility index (Phi) is 6.05. The second-order valence-electron chi connectivity index (χ2n) is 6.93. The number of hydrogen-bond acceptors (Lipinski definition) is 5. The maximum atomic E-state index is 13.2. The maximum Gasteiger partial charge on any atom is 0.290 e. The largest absolute Gasteiger partial charge is 0.351 e. The van der Waals surface area contributed by atoms with Crippen molar-refractivity contribution in [2.75, 3.05) is 13.1 Å². The number of aromatic nitrogens is 1. The van der Waals surface area contributed by atoms with Crippen LogP contribution < -0.4 is 5.32 Å². The van der Waals surface area contributed by atoms with Gasteiger partial charge in [-0.05, 0) is 50.8 Å². The van der Waals surface area contributed by atoms with Crippen LogP contribution >= 0.6 is 23.2 Å². The van der Waals surface area contributed by atoms with E-state index < -0.39 is 10.0 Å². The highest BCUT2D eigenvalue weighted by Crippen LogP contribution is 2.35. The van der Waals surface area contributed by atoms with Crippen molar-refractivity contribution in [3.63, 3.8) is 0 Å². The average Bonchev–Trinajstić information content (AvgIpc) is 3.07. The maximum absolute atomic E-state index is 13.2. The van der Waals surface area contributed by atoms with Crippen LogP contribution in [0.3, 0.4) is 0 Å². The second-order valence-corrected chi connectivity index (χ2v) is 9.59. The summed E-state index contributed by atoms with van der Waals surface area (Å²) in [7, 11) is -3.79. The van der Waals surface area contributed by atoms with E-state index in [4.69, 9.17) is 27.7 Å². The lowest BCUT2D eigenvalue weighted by Crippen LogP contribution is -2.46. The number of halogens is 2. The lowest BCUT2D eigenvalue weighted by Gasteiger charge is -2.32. The Morgan fingerprint density at radius 1 is 1.21 bits per heavy atom. The van der Waals surface area contributed by atoms with Crippen LogP contribution in [-0.4, -0.2) is 42.9 Å². The van der Waals surface area contributed by atoms with Crippen LogP contribution in [0.1, 0.15) is 40.2 Å². The molecule has 1 aromatic carbocycles. The molecule has 0 atom stereocenters. The summed E-state index contributed by atoms with van der Waals surface area (Å²) >= 11 is 12.5. The van der Waals surface area contributed by atoms with Gasteiger partial charge in [-0.15, -0.1) is 0 Å². The van der Waals surface area contributed by atoms with Crippen molar-refractivity contribution in [3.8, 4) is 0 Å². The zero-order chi connectivity index (χ0) is 20.6. The predicted octanol–water partition coefficient (Wildman–Crippen LogP) is 3.49. The Labute approximate surface area is 174 Å². The molecule has 10 heteroatoms. The third kappa shape index (κ3) is 4.05. The van der Waals surface area contributed by atoms with Gasteiger partial charge in [0.05, 0.1) is 10.7 Å². The van der Waals surface area contributed by atoms with E-state index in [1.165, 1.54) is 4.31 Å². The van der Waals surface area contributed by atoms with E-state index >= 15 is 0 Å². The van der Waals surface area contributed by atoms with E-state index in [1.807, 2.05) is 0 Å². The molecule has 3 rings (SSSR count). The number of nitrogens with one attached hydrogen (secondary N) is 1. The first kappa shape index (κ1) is 21.1. The molecule has 1 amide bonds. The van der Waals surface area contributed by atoms with Crippen LogP contribution in [0.25, 0.3) is 0 Å². The fraction of sp³-hybridized carbons (Fsp3) is 0.444. The lowest BCUT2D eigenvalue weighted by molar-refractivity contribution is 0.0886. The number of aryl methyl sites for hydroxylation is 2. The number of carbonyl (C=O) groups excluding carboxylic acids is 1. The minimum atomic E-state index is -3.79. The molecule has 2 heterocycles. The highest BCUT2D eigenvalue weighted by atomic mass is 35.5. The van der Waals surface area contributed by atoms with Gasteiger partial charge < -0.3 is 9.84 Å². The van der Waals surface area contributed by atoms with Crippen LogP contribution in [0.4, 0.5) is 0 Å². The monoisotopic (exact) mass is 445 g/mol. The van der Waals surface area contributed by atoms with Gasteiger partial charge in [-0.3, -0.25) is 4.79 Å². The number of hydrogen-bond donors (Lipinski definition) is 1. The topological polar surface area (TPSA) is 92.5 Å². The van der Waals surface area contributed by atoms with E-state index in [2.05, 4.69) is 10.5 Å². The summed E-state index contributed by atoms with van der Waals surface area (Å²) in [6.45, 7) is 5.63. The molecule has 0 spiro atoms. The van der Waals surface area contributed by atoms with Gasteiger partial charge in [0.1, 0.15) is 4.90 Å². The summed E-state index contributed by atoms with van der Waals surface area (Å²) in [4.78, 5) is 12.2. The first-order valence-electron chi connectivity index (χ1n) is 8.80. The highest BCUT2D eigenvalue weighted by Gasteiger charge is 2.33. The summed E-state index contributed by atoms with van der Waals surface area (Å²) < 4.78 is 32.7. The summed E-state index contributed by atoms with van der Waals surface area (Å²) in [5.74, 6) is -0.212. The number of benzene rings is 1. The fourth-order valence-electron chi connectivity index (χ4n) is 3.22. The molecule has 0 radical (unpaired) electrons. The lowest BCUT2D eigenvalue weighted by atomic mass is 10.1. The first-order chi connectivity index (χ1) is 13.1. The van der Waals surface area contributed by atoms with E-state index in [0.717, 1.165) is 0 Å². The van der Waals surface area contributed by atoms with Crippen LogP contribution in [-0.2, 0) is 10.0 Å². The van der Waals surface area contributed by atoms with Crippen LogP contribution in [0.15, 0.2) is 21.6 Å². The Balaban J connectivity index is 1.72. The van der Waals surface area contributed by atoms with Crippen LogP contribution in [0.5, 0.6) is 0 Å². The molecule has 0 saturated carbocycles. The van der Waals surface area contributed by atoms with E-state index in [1.54, 1.807) is 32.9 Å². The van der Waals surface area contributed by atoms with Crippen LogP contribution in [0.2, 0.25) is 10.0 Å². The normalized spacial score (nSPS) is 16.3. The van der Waals surface area contributed by atoms with Gasteiger partial charge in [0, 0.05) is 30.2 Å². The predicted molar refractivity (Wildman–Crippen MR) is 106 cm³/mol. The molecular formula is C18H21Cl2N3O4S. The van der Waals surface area contributed by atoms with Crippen molar-refractivity contribution in [2.24, 2.45) is 0 Å². The number of nitrogens with zero attached hydrogens (tertiary/aromatic N) is 2. The molecule has 1 aliphatic rings. The molecule has 1 saturated heterocycles. The zero-order valence-corrected chi connectivity index (χ0v) is 18.1. The molecule has 0 aliphatic carbocycles. The van der Waals surface area contributed by atoms with Gasteiger partial charge in [0.15, 0.2) is 0 Å². The average molecular weight is 446 g/mol. The van der Waals surface area contributed by atoms with Crippen molar-refractivity contribution in [3.05, 3.63) is 44.8 Å². The standard InChI is InChI=1S/C18H21Cl2N3O4S/c1-10-8-14(19)12(3)17(16(10)20)28(25,26)23-6-4-13(5-7-23)21-18(24)15-9-11(2)22-27-15/h8-9,13H,4-7H2,1-3H3,(H,21,24). The molecule has 1 N–H and O–H groups in total. The fourth-order valence-corrected chi connectivity index (χ4v) is 5.85. The number of carbonyl (C=O) groups is 1. The molecule has 1 fully saturated rings. The van der Waals surface area contributed by atoms with Crippen molar-refractivity contribution in [1.82, 2.24) is 14.8 Å². The molecule has 7 nitrogen and oxygen atoms in total. The quantitative estimate of drug-likeness (QED) is 0.776. The van der Waals surface area contributed by atoms with Gasteiger partial charge in [0.2, 0.25) is 15.8 Å². The Hall–Kier alpha value is -1.61. The smallest absolute Gasteiger partial charge is 0.290 e. The first-order valence-corrected chi connectivity index (χ1v) is 11.0. The third-order valence-electron chi connectivity index (χ3n) is 4.83. The van der Waals surface area contributed by atoms with Crippen LogP contribution in [0, 0.1) is 20.8 Å². The van der Waals surface area contributed by atoms with E-state index in [-0.39, 0.29) is 40.7 Å². The van der Waals surface area contributed by atoms with Crippen molar-refractivity contribution in [1.29, 1.82) is 0 Å². The van der Waals surface area contributed by atoms with Crippen molar-refractivity contribution < 1.29 is 17.7 Å². The van der Waals surface area contributed by atoms with Crippen molar-refractivity contribution >= 4 is 39.1 Å². The SMILES string of the molecule is Cc1cc(C(=O)NC2CCN(S(=O)(=O)c3c(C)c(Cl)cc(C)c3Cl)CC2)on1. The number of rotatable bonds is 4. The minimum absolute atomic E-state index is 0.0544. The van der Waals surface area contributed by atoms with Gasteiger partial charge in [-0.25, -0.2) is 8.42 Å². The van der Waals surface area contributed by atoms with E-state index in [9.17, 15) is 13.2 Å². The number of piperidine rings is 1. The molecule has 28 heavy (non-hydrogen) atoms. The summed E-state index contributed by atoms with van der Waals surface area (Å²) in [5.41, 5.74) is 1.67. The molecule has 1 aromatic heterocycles. The van der Waals surface area contributed by atoms with Gasteiger partial charge in [0.25, 0.3) is 5.91 Å². The van der Waals surface area contributed by atoms with E-state index in [0.29, 0.717) is 34.7 Å². The van der Waals surface area contributed by atoms with Crippen molar-refractivity contribution in [2.45, 2.75) is 44.6 Å². The molecule has 0 unspecified atom stereocenters. The Bertz CT molecular complexity index is 986. The van der Waals surface area contributed by atoms with Gasteiger partial charge in [-0.2, -0.15) is 4.31 Å². The molecule has 1 aliphatic heterocycles. The Morgan fingerprint density at radius 2 is 1.86 bits per heavy atom. The molecule has 152 valence electrons.